The highest BCUT2D eigenvalue weighted by Gasteiger charge is 2.22. The first-order valence-electron chi connectivity index (χ1n) is 7.10. The van der Waals surface area contributed by atoms with E-state index in [2.05, 4.69) is 17.2 Å². The first kappa shape index (κ1) is 18.6. The molecule has 0 unspecified atom stereocenters. The average Bonchev–Trinajstić information content (AvgIpc) is 2.52. The summed E-state index contributed by atoms with van der Waals surface area (Å²) in [4.78, 5) is 9.88. The molecular formula is C17H14F2N2O3S. The van der Waals surface area contributed by atoms with E-state index < -0.39 is 26.6 Å². The Morgan fingerprint density at radius 3 is 2.24 bits per heavy atom. The van der Waals surface area contributed by atoms with Gasteiger partial charge in [0.2, 0.25) is 15.9 Å². The van der Waals surface area contributed by atoms with E-state index in [1.165, 1.54) is 6.92 Å². The van der Waals surface area contributed by atoms with Gasteiger partial charge >= 0.3 is 0 Å². The van der Waals surface area contributed by atoms with Crippen LogP contribution in [0.1, 0.15) is 12.5 Å². The van der Waals surface area contributed by atoms with Crippen molar-refractivity contribution in [2.45, 2.75) is 11.8 Å². The van der Waals surface area contributed by atoms with Crippen LogP contribution in [-0.2, 0) is 14.8 Å². The number of halogens is 2. The van der Waals surface area contributed by atoms with Crippen molar-refractivity contribution in [3.63, 3.8) is 0 Å². The standard InChI is InChI=1S/C17H14F2N2O3S/c1-12(22)21-14-9-7-13(8-10-14)4-3-11-20-25(23,24)17-15(18)5-2-6-16(17)19/h2,5-10,20H,11H2,1H3,(H,21,22). The lowest BCUT2D eigenvalue weighted by molar-refractivity contribution is -0.114. The zero-order chi connectivity index (χ0) is 18.4. The van der Waals surface area contributed by atoms with Gasteiger partial charge in [-0.05, 0) is 36.4 Å². The monoisotopic (exact) mass is 364 g/mol. The third-order valence-corrected chi connectivity index (χ3v) is 4.43. The molecule has 0 aliphatic rings. The molecule has 0 aromatic heterocycles. The summed E-state index contributed by atoms with van der Waals surface area (Å²) >= 11 is 0. The summed E-state index contributed by atoms with van der Waals surface area (Å²) in [6.45, 7) is 1.07. The van der Waals surface area contributed by atoms with E-state index in [-0.39, 0.29) is 12.5 Å². The fourth-order valence-corrected chi connectivity index (χ4v) is 2.98. The van der Waals surface area contributed by atoms with E-state index >= 15 is 0 Å². The number of carbonyl (C=O) groups is 1. The van der Waals surface area contributed by atoms with Crippen LogP contribution in [-0.4, -0.2) is 20.9 Å². The number of sulfonamides is 1. The Morgan fingerprint density at radius 2 is 1.68 bits per heavy atom. The fourth-order valence-electron chi connectivity index (χ4n) is 1.93. The molecule has 0 fully saturated rings. The Labute approximate surface area is 144 Å². The molecule has 130 valence electrons. The molecule has 1 amide bonds. The number of rotatable bonds is 4. The van der Waals surface area contributed by atoms with Gasteiger partial charge in [-0.3, -0.25) is 4.79 Å². The maximum atomic E-state index is 13.5. The van der Waals surface area contributed by atoms with E-state index in [0.29, 0.717) is 11.3 Å². The summed E-state index contributed by atoms with van der Waals surface area (Å²) in [5.41, 5.74) is 1.19. The molecule has 2 aromatic rings. The van der Waals surface area contributed by atoms with Crippen LogP contribution < -0.4 is 10.0 Å². The molecule has 5 nitrogen and oxygen atoms in total. The molecular weight excluding hydrogens is 350 g/mol. The topological polar surface area (TPSA) is 75.3 Å². The first-order chi connectivity index (χ1) is 11.8. The fraction of sp³-hybridized carbons (Fsp3) is 0.118. The van der Waals surface area contributed by atoms with E-state index in [0.717, 1.165) is 18.2 Å². The van der Waals surface area contributed by atoms with Crippen LogP contribution in [0, 0.1) is 23.5 Å². The SMILES string of the molecule is CC(=O)Nc1ccc(C#CCNS(=O)(=O)c2c(F)cccc2F)cc1. The van der Waals surface area contributed by atoms with E-state index in [9.17, 15) is 22.0 Å². The van der Waals surface area contributed by atoms with Crippen molar-refractivity contribution < 1.29 is 22.0 Å². The van der Waals surface area contributed by atoms with Crippen molar-refractivity contribution in [2.75, 3.05) is 11.9 Å². The number of nitrogens with one attached hydrogen (secondary N) is 2. The first-order valence-corrected chi connectivity index (χ1v) is 8.58. The van der Waals surface area contributed by atoms with Gasteiger partial charge in [0.05, 0.1) is 6.54 Å². The predicted molar refractivity (Wildman–Crippen MR) is 89.2 cm³/mol. The lowest BCUT2D eigenvalue weighted by atomic mass is 10.2. The van der Waals surface area contributed by atoms with Gasteiger partial charge in [-0.25, -0.2) is 17.2 Å². The number of anilines is 1. The van der Waals surface area contributed by atoms with Gasteiger partial charge in [0, 0.05) is 18.2 Å². The van der Waals surface area contributed by atoms with Crippen molar-refractivity contribution in [3.8, 4) is 11.8 Å². The van der Waals surface area contributed by atoms with Gasteiger partial charge in [0.25, 0.3) is 0 Å². The summed E-state index contributed by atoms with van der Waals surface area (Å²) in [5.74, 6) is 2.71. The quantitative estimate of drug-likeness (QED) is 0.817. The summed E-state index contributed by atoms with van der Waals surface area (Å²) in [6, 6.07) is 9.37. The second kappa shape index (κ2) is 7.88. The van der Waals surface area contributed by atoms with Crippen LogP contribution in [0.25, 0.3) is 0 Å². The van der Waals surface area contributed by atoms with Crippen LogP contribution in [0.15, 0.2) is 47.4 Å². The smallest absolute Gasteiger partial charge is 0.247 e. The van der Waals surface area contributed by atoms with Crippen LogP contribution in [0.3, 0.4) is 0 Å². The lowest BCUT2D eigenvalue weighted by Gasteiger charge is -2.06. The minimum Gasteiger partial charge on any atom is -0.326 e. The van der Waals surface area contributed by atoms with Crippen molar-refractivity contribution >= 4 is 21.6 Å². The molecule has 2 aromatic carbocycles. The highest BCUT2D eigenvalue weighted by molar-refractivity contribution is 7.89. The molecule has 2 rings (SSSR count). The number of amides is 1. The number of hydrogen-bond acceptors (Lipinski definition) is 3. The Bertz CT molecular complexity index is 926. The predicted octanol–water partition coefficient (Wildman–Crippen LogP) is 2.25. The summed E-state index contributed by atoms with van der Waals surface area (Å²) in [6.07, 6.45) is 0. The molecule has 0 saturated carbocycles. The highest BCUT2D eigenvalue weighted by atomic mass is 32.2. The van der Waals surface area contributed by atoms with Gasteiger partial charge in [-0.1, -0.05) is 17.9 Å². The Balaban J connectivity index is 2.03. The van der Waals surface area contributed by atoms with E-state index in [4.69, 9.17) is 0 Å². The molecule has 0 aliphatic heterocycles. The summed E-state index contributed by atoms with van der Waals surface area (Å²) in [7, 11) is -4.35. The van der Waals surface area contributed by atoms with Crippen molar-refractivity contribution in [1.29, 1.82) is 0 Å². The Hall–Kier alpha value is -2.76. The molecule has 0 bridgehead atoms. The average molecular weight is 364 g/mol. The normalized spacial score (nSPS) is 10.7. The molecule has 2 N–H and O–H groups in total. The molecule has 0 atom stereocenters. The second-order valence-electron chi connectivity index (χ2n) is 4.94. The van der Waals surface area contributed by atoms with Gasteiger partial charge in [0.1, 0.15) is 11.6 Å². The van der Waals surface area contributed by atoms with Gasteiger partial charge in [0.15, 0.2) is 4.90 Å². The molecule has 0 heterocycles. The Morgan fingerprint density at radius 1 is 1.08 bits per heavy atom. The number of benzene rings is 2. The third-order valence-electron chi connectivity index (χ3n) is 2.98. The summed E-state index contributed by atoms with van der Waals surface area (Å²) in [5, 5.41) is 2.60. The lowest BCUT2D eigenvalue weighted by Crippen LogP contribution is -2.26. The largest absolute Gasteiger partial charge is 0.326 e. The van der Waals surface area contributed by atoms with E-state index in [1.54, 1.807) is 24.3 Å². The minimum absolute atomic E-state index is 0.200. The minimum atomic E-state index is -4.35. The van der Waals surface area contributed by atoms with Crippen molar-refractivity contribution in [1.82, 2.24) is 4.72 Å². The molecule has 0 saturated heterocycles. The van der Waals surface area contributed by atoms with Crippen molar-refractivity contribution in [3.05, 3.63) is 59.7 Å². The van der Waals surface area contributed by atoms with Crippen LogP contribution in [0.5, 0.6) is 0 Å². The van der Waals surface area contributed by atoms with Gasteiger partial charge < -0.3 is 5.32 Å². The maximum absolute atomic E-state index is 13.5. The van der Waals surface area contributed by atoms with Crippen LogP contribution >= 0.6 is 0 Å². The van der Waals surface area contributed by atoms with Gasteiger partial charge in [-0.2, -0.15) is 4.72 Å². The summed E-state index contributed by atoms with van der Waals surface area (Å²) < 4.78 is 52.9. The van der Waals surface area contributed by atoms with Crippen LogP contribution in [0.2, 0.25) is 0 Å². The molecule has 0 radical (unpaired) electrons. The third kappa shape index (κ3) is 5.11. The number of carbonyl (C=O) groups excluding carboxylic acids is 1. The van der Waals surface area contributed by atoms with Gasteiger partial charge in [-0.15, -0.1) is 0 Å². The zero-order valence-electron chi connectivity index (χ0n) is 13.1. The number of hydrogen-bond donors (Lipinski definition) is 2. The molecule has 0 spiro atoms. The molecule has 8 heteroatoms. The molecule has 25 heavy (non-hydrogen) atoms. The highest BCUT2D eigenvalue weighted by Crippen LogP contribution is 2.17. The molecule has 0 aliphatic carbocycles. The van der Waals surface area contributed by atoms with E-state index in [1.807, 2.05) is 4.72 Å². The zero-order valence-corrected chi connectivity index (χ0v) is 14.0. The van der Waals surface area contributed by atoms with Crippen LogP contribution in [0.4, 0.5) is 14.5 Å². The van der Waals surface area contributed by atoms with Crippen molar-refractivity contribution in [2.24, 2.45) is 0 Å². The maximum Gasteiger partial charge on any atom is 0.247 e. The Kier molecular flexibility index (Phi) is 5.85. The second-order valence-corrected chi connectivity index (χ2v) is 6.64.